The zero-order chi connectivity index (χ0) is 13.2. The minimum atomic E-state index is -0.266. The summed E-state index contributed by atoms with van der Waals surface area (Å²) < 4.78 is 1.79. The monoisotopic (exact) mass is 256 g/mol. The van der Waals surface area contributed by atoms with Gasteiger partial charge in [0.1, 0.15) is 0 Å². The summed E-state index contributed by atoms with van der Waals surface area (Å²) in [7, 11) is 1.91. The van der Waals surface area contributed by atoms with Crippen molar-refractivity contribution in [3.63, 3.8) is 0 Å². The highest BCUT2D eigenvalue weighted by molar-refractivity contribution is 5.30. The number of aliphatic hydroxyl groups is 1. The van der Waals surface area contributed by atoms with Gasteiger partial charge in [-0.15, -0.1) is 0 Å². The molecule has 1 N–H and O–H groups in total. The summed E-state index contributed by atoms with van der Waals surface area (Å²) in [5.74, 6) is 0.370. The molecule has 1 aliphatic carbocycles. The average molecular weight is 256 g/mol. The molecule has 0 radical (unpaired) electrons. The first-order valence-corrected chi connectivity index (χ1v) is 6.95. The Morgan fingerprint density at radius 1 is 1.37 bits per heavy atom. The Morgan fingerprint density at radius 2 is 2.16 bits per heavy atom. The van der Waals surface area contributed by atoms with Crippen LogP contribution >= 0.6 is 0 Å². The van der Waals surface area contributed by atoms with Crippen molar-refractivity contribution in [2.24, 2.45) is 13.0 Å². The fourth-order valence-corrected chi connectivity index (χ4v) is 3.04. The van der Waals surface area contributed by atoms with Gasteiger partial charge in [0.25, 0.3) is 0 Å². The van der Waals surface area contributed by atoms with E-state index in [9.17, 15) is 5.11 Å². The highest BCUT2D eigenvalue weighted by Crippen LogP contribution is 2.28. The van der Waals surface area contributed by atoms with Crippen LogP contribution in [0.3, 0.4) is 0 Å². The van der Waals surface area contributed by atoms with Gasteiger partial charge in [0, 0.05) is 19.7 Å². The van der Waals surface area contributed by atoms with Crippen LogP contribution in [0.2, 0.25) is 0 Å². The molecule has 0 bridgehead atoms. The molecule has 0 spiro atoms. The van der Waals surface area contributed by atoms with Crippen molar-refractivity contribution in [2.45, 2.75) is 31.8 Å². The SMILES string of the molecule is Cn1cc(CC(O)C2CCc3ccccc3C2)cn1. The van der Waals surface area contributed by atoms with Gasteiger partial charge in [-0.1, -0.05) is 24.3 Å². The third-order valence-electron chi connectivity index (χ3n) is 4.13. The number of nitrogens with zero attached hydrogens (tertiary/aromatic N) is 2. The lowest BCUT2D eigenvalue weighted by Gasteiger charge is -2.28. The van der Waals surface area contributed by atoms with Crippen LogP contribution in [-0.4, -0.2) is 21.0 Å². The molecule has 0 amide bonds. The molecule has 1 aromatic heterocycles. The third kappa shape index (κ3) is 2.71. The van der Waals surface area contributed by atoms with Crippen LogP contribution < -0.4 is 0 Å². The van der Waals surface area contributed by atoms with E-state index in [2.05, 4.69) is 29.4 Å². The second kappa shape index (κ2) is 5.17. The molecule has 3 heteroatoms. The molecule has 0 saturated carbocycles. The van der Waals surface area contributed by atoms with Gasteiger partial charge in [0.15, 0.2) is 0 Å². The number of hydrogen-bond donors (Lipinski definition) is 1. The number of aliphatic hydroxyl groups excluding tert-OH is 1. The molecule has 3 nitrogen and oxygen atoms in total. The van der Waals surface area contributed by atoms with Crippen LogP contribution in [0.1, 0.15) is 23.1 Å². The Balaban J connectivity index is 1.67. The van der Waals surface area contributed by atoms with Gasteiger partial charge in [-0.2, -0.15) is 5.10 Å². The van der Waals surface area contributed by atoms with E-state index in [0.29, 0.717) is 12.3 Å². The Bertz CT molecular complexity index is 561. The van der Waals surface area contributed by atoms with Gasteiger partial charge in [-0.25, -0.2) is 0 Å². The first-order chi connectivity index (χ1) is 9.22. The number of aryl methyl sites for hydroxylation is 2. The van der Waals surface area contributed by atoms with Crippen molar-refractivity contribution in [1.82, 2.24) is 9.78 Å². The van der Waals surface area contributed by atoms with Crippen molar-refractivity contribution < 1.29 is 5.11 Å². The van der Waals surface area contributed by atoms with Gasteiger partial charge in [-0.3, -0.25) is 4.68 Å². The van der Waals surface area contributed by atoms with Crippen LogP contribution in [0.5, 0.6) is 0 Å². The van der Waals surface area contributed by atoms with Gasteiger partial charge in [0.2, 0.25) is 0 Å². The maximum atomic E-state index is 10.4. The first-order valence-electron chi connectivity index (χ1n) is 6.95. The molecule has 19 heavy (non-hydrogen) atoms. The van der Waals surface area contributed by atoms with Crippen LogP contribution in [0.4, 0.5) is 0 Å². The molecule has 0 saturated heterocycles. The number of rotatable bonds is 3. The van der Waals surface area contributed by atoms with E-state index in [1.54, 1.807) is 4.68 Å². The van der Waals surface area contributed by atoms with Crippen molar-refractivity contribution in [3.8, 4) is 0 Å². The van der Waals surface area contributed by atoms with Crippen LogP contribution in [0.25, 0.3) is 0 Å². The minimum Gasteiger partial charge on any atom is -0.392 e. The van der Waals surface area contributed by atoms with Crippen LogP contribution in [0.15, 0.2) is 36.7 Å². The summed E-state index contributed by atoms with van der Waals surface area (Å²) in [5, 5.41) is 14.6. The van der Waals surface area contributed by atoms with Crippen molar-refractivity contribution in [1.29, 1.82) is 0 Å². The van der Waals surface area contributed by atoms with Gasteiger partial charge in [-0.05, 0) is 41.9 Å². The number of aromatic nitrogens is 2. The highest BCUT2D eigenvalue weighted by atomic mass is 16.3. The van der Waals surface area contributed by atoms with Crippen LogP contribution in [0, 0.1) is 5.92 Å². The minimum absolute atomic E-state index is 0.266. The Kier molecular flexibility index (Phi) is 3.38. The smallest absolute Gasteiger partial charge is 0.0613 e. The lowest BCUT2D eigenvalue weighted by molar-refractivity contribution is 0.0993. The zero-order valence-corrected chi connectivity index (χ0v) is 11.3. The lowest BCUT2D eigenvalue weighted by Crippen LogP contribution is -2.28. The van der Waals surface area contributed by atoms with Gasteiger partial charge >= 0.3 is 0 Å². The lowest BCUT2D eigenvalue weighted by atomic mass is 9.80. The van der Waals surface area contributed by atoms with Crippen LogP contribution in [-0.2, 0) is 26.3 Å². The van der Waals surface area contributed by atoms with E-state index in [1.807, 2.05) is 19.4 Å². The quantitative estimate of drug-likeness (QED) is 0.913. The van der Waals surface area contributed by atoms with Crippen molar-refractivity contribution in [2.75, 3.05) is 0 Å². The first kappa shape index (κ1) is 12.4. The fourth-order valence-electron chi connectivity index (χ4n) is 3.04. The molecule has 0 fully saturated rings. The highest BCUT2D eigenvalue weighted by Gasteiger charge is 2.25. The Hall–Kier alpha value is -1.61. The molecular formula is C16H20N2O. The topological polar surface area (TPSA) is 38.0 Å². The molecular weight excluding hydrogens is 236 g/mol. The molecule has 2 unspecified atom stereocenters. The van der Waals surface area contributed by atoms with Gasteiger partial charge in [0.05, 0.1) is 12.3 Å². The largest absolute Gasteiger partial charge is 0.392 e. The predicted octanol–water partition coefficient (Wildman–Crippen LogP) is 2.13. The standard InChI is InChI=1S/C16H20N2O/c1-18-11-12(10-17-18)8-16(19)15-7-6-13-4-2-3-5-14(13)9-15/h2-5,10-11,15-16,19H,6-9H2,1H3. The summed E-state index contributed by atoms with van der Waals surface area (Å²) >= 11 is 0. The molecule has 100 valence electrons. The number of hydrogen-bond acceptors (Lipinski definition) is 2. The van der Waals surface area contributed by atoms with Gasteiger partial charge < -0.3 is 5.11 Å². The third-order valence-corrected chi connectivity index (χ3v) is 4.13. The fraction of sp³-hybridized carbons (Fsp3) is 0.438. The van der Waals surface area contributed by atoms with Crippen molar-refractivity contribution in [3.05, 3.63) is 53.3 Å². The summed E-state index contributed by atoms with van der Waals surface area (Å²) in [5.41, 5.74) is 3.98. The Labute approximate surface area is 113 Å². The van der Waals surface area contributed by atoms with E-state index in [-0.39, 0.29) is 6.10 Å². The maximum Gasteiger partial charge on any atom is 0.0613 e. The van der Waals surface area contributed by atoms with Crippen molar-refractivity contribution >= 4 is 0 Å². The molecule has 2 atom stereocenters. The molecule has 1 aliphatic rings. The molecule has 2 aromatic rings. The summed E-state index contributed by atoms with van der Waals surface area (Å²) in [6, 6.07) is 8.59. The second-order valence-electron chi connectivity index (χ2n) is 5.57. The number of fused-ring (bicyclic) bond motifs is 1. The molecule has 0 aliphatic heterocycles. The van der Waals surface area contributed by atoms with E-state index >= 15 is 0 Å². The Morgan fingerprint density at radius 3 is 2.89 bits per heavy atom. The van der Waals surface area contributed by atoms with E-state index in [4.69, 9.17) is 0 Å². The number of benzene rings is 1. The van der Waals surface area contributed by atoms with E-state index < -0.39 is 0 Å². The zero-order valence-electron chi connectivity index (χ0n) is 11.3. The summed E-state index contributed by atoms with van der Waals surface area (Å²) in [6.07, 6.45) is 7.44. The maximum absolute atomic E-state index is 10.4. The summed E-state index contributed by atoms with van der Waals surface area (Å²) in [6.45, 7) is 0. The summed E-state index contributed by atoms with van der Waals surface area (Å²) in [4.78, 5) is 0. The van der Waals surface area contributed by atoms with E-state index in [0.717, 1.165) is 24.8 Å². The molecule has 3 rings (SSSR count). The molecule has 1 aromatic carbocycles. The normalized spacial score (nSPS) is 20.0. The predicted molar refractivity (Wildman–Crippen MR) is 74.9 cm³/mol. The molecule has 1 heterocycles. The second-order valence-corrected chi connectivity index (χ2v) is 5.57. The average Bonchev–Trinajstić information content (AvgIpc) is 2.83. The van der Waals surface area contributed by atoms with E-state index in [1.165, 1.54) is 11.1 Å².